The average Bonchev–Trinajstić information content (AvgIpc) is 2.72. The predicted octanol–water partition coefficient (Wildman–Crippen LogP) is 3.72. The summed E-state index contributed by atoms with van der Waals surface area (Å²) >= 11 is 3.39. The molecule has 0 radical (unpaired) electrons. The number of pyridine rings is 1. The van der Waals surface area contributed by atoms with Crippen LogP contribution in [0.1, 0.15) is 16.7 Å². The number of anilines is 1. The van der Waals surface area contributed by atoms with Crippen LogP contribution in [-0.2, 0) is 6.61 Å². The quantitative estimate of drug-likeness (QED) is 0.609. The lowest BCUT2D eigenvalue weighted by molar-refractivity contribution is 0.284. The number of benzene rings is 2. The molecule has 0 atom stereocenters. The van der Waals surface area contributed by atoms with E-state index < -0.39 is 5.56 Å². The molecule has 0 amide bonds. The highest BCUT2D eigenvalue weighted by molar-refractivity contribution is 9.10. The number of hydrogen-bond donors (Lipinski definition) is 2. The van der Waals surface area contributed by atoms with Gasteiger partial charge in [-0.3, -0.25) is 4.79 Å². The van der Waals surface area contributed by atoms with Crippen molar-refractivity contribution in [3.63, 3.8) is 0 Å². The lowest BCUT2D eigenvalue weighted by atomic mass is 9.96. The van der Waals surface area contributed by atoms with Gasteiger partial charge in [-0.25, -0.2) is 0 Å². The molecule has 0 unspecified atom stereocenters. The fourth-order valence-corrected chi connectivity index (χ4v) is 3.08. The number of nitrogens with one attached hydrogen (secondary N) is 1. The number of nitriles is 2. The zero-order valence-corrected chi connectivity index (χ0v) is 16.9. The lowest BCUT2D eigenvalue weighted by Gasteiger charge is -2.14. The minimum atomic E-state index is -0.660. The van der Waals surface area contributed by atoms with Gasteiger partial charge in [0, 0.05) is 10.0 Å². The highest BCUT2D eigenvalue weighted by Crippen LogP contribution is 2.36. The molecule has 3 N–H and O–H groups in total. The number of methoxy groups -OCH3 is 1. The summed E-state index contributed by atoms with van der Waals surface area (Å²) in [6.07, 6.45) is 0. The first-order valence-corrected chi connectivity index (χ1v) is 9.19. The molecule has 3 rings (SSSR count). The van der Waals surface area contributed by atoms with Crippen molar-refractivity contribution in [2.45, 2.75) is 6.61 Å². The molecule has 1 aromatic heterocycles. The molecule has 0 saturated carbocycles. The van der Waals surface area contributed by atoms with Crippen LogP contribution >= 0.6 is 15.9 Å². The molecule has 3 aromatic rings. The lowest BCUT2D eigenvalue weighted by Crippen LogP contribution is -2.16. The van der Waals surface area contributed by atoms with E-state index in [2.05, 4.69) is 20.9 Å². The van der Waals surface area contributed by atoms with Crippen LogP contribution in [0.4, 0.5) is 5.82 Å². The summed E-state index contributed by atoms with van der Waals surface area (Å²) in [5, 5.41) is 18.9. The van der Waals surface area contributed by atoms with E-state index >= 15 is 0 Å². The Hall–Kier alpha value is -3.75. The normalized spacial score (nSPS) is 10.1. The van der Waals surface area contributed by atoms with E-state index in [9.17, 15) is 15.3 Å². The zero-order chi connectivity index (χ0) is 21.0. The van der Waals surface area contributed by atoms with Crippen LogP contribution in [0.3, 0.4) is 0 Å². The van der Waals surface area contributed by atoms with E-state index in [1.165, 1.54) is 7.11 Å². The molecule has 0 aliphatic heterocycles. The van der Waals surface area contributed by atoms with Crippen molar-refractivity contribution in [3.8, 4) is 34.8 Å². The number of aromatic nitrogens is 1. The largest absolute Gasteiger partial charge is 0.493 e. The number of nitrogens with two attached hydrogens (primary N) is 1. The van der Waals surface area contributed by atoms with Crippen molar-refractivity contribution in [1.29, 1.82) is 10.5 Å². The molecule has 0 aliphatic rings. The highest BCUT2D eigenvalue weighted by atomic mass is 79.9. The molecule has 29 heavy (non-hydrogen) atoms. The van der Waals surface area contributed by atoms with Gasteiger partial charge in [-0.2, -0.15) is 10.5 Å². The van der Waals surface area contributed by atoms with E-state index in [0.29, 0.717) is 17.1 Å². The van der Waals surface area contributed by atoms with Crippen molar-refractivity contribution in [2.24, 2.45) is 0 Å². The molecule has 8 heteroatoms. The van der Waals surface area contributed by atoms with Gasteiger partial charge in [0.1, 0.15) is 35.7 Å². The van der Waals surface area contributed by atoms with Gasteiger partial charge in [-0.15, -0.1) is 0 Å². The Morgan fingerprint density at radius 2 is 1.76 bits per heavy atom. The van der Waals surface area contributed by atoms with E-state index in [1.807, 2.05) is 36.4 Å². The van der Waals surface area contributed by atoms with Crippen LogP contribution < -0.4 is 20.8 Å². The van der Waals surface area contributed by atoms with Gasteiger partial charge in [0.05, 0.1) is 7.11 Å². The second-order valence-electron chi connectivity index (χ2n) is 6.00. The second-order valence-corrected chi connectivity index (χ2v) is 6.91. The van der Waals surface area contributed by atoms with Gasteiger partial charge in [0.25, 0.3) is 5.56 Å². The van der Waals surface area contributed by atoms with Gasteiger partial charge in [0.15, 0.2) is 11.5 Å². The van der Waals surface area contributed by atoms with Gasteiger partial charge >= 0.3 is 0 Å². The maximum absolute atomic E-state index is 12.2. The fraction of sp³-hybridized carbons (Fsp3) is 0.0952. The Balaban J connectivity index is 2.08. The van der Waals surface area contributed by atoms with Crippen molar-refractivity contribution < 1.29 is 9.47 Å². The first-order chi connectivity index (χ1) is 14.0. The van der Waals surface area contributed by atoms with Gasteiger partial charge < -0.3 is 20.2 Å². The minimum Gasteiger partial charge on any atom is -0.493 e. The molecule has 0 spiro atoms. The van der Waals surface area contributed by atoms with Gasteiger partial charge in [0.2, 0.25) is 0 Å². The Morgan fingerprint density at radius 3 is 2.38 bits per heavy atom. The molecule has 0 saturated heterocycles. The van der Waals surface area contributed by atoms with E-state index in [4.69, 9.17) is 15.2 Å². The molecule has 2 aromatic carbocycles. The zero-order valence-electron chi connectivity index (χ0n) is 15.3. The molecule has 0 aliphatic carbocycles. The van der Waals surface area contributed by atoms with E-state index in [1.54, 1.807) is 18.2 Å². The van der Waals surface area contributed by atoms with Crippen LogP contribution in [0.25, 0.3) is 11.1 Å². The standard InChI is InChI=1S/C21H15BrN4O3/c1-28-17-7-4-13(8-18(17)29-11-12-2-5-14(22)6-3-12)19-15(9-23)20(25)26-21(27)16(19)10-24/h2-8H,11H2,1H3,(H3,25,26,27). The maximum atomic E-state index is 12.2. The molecule has 7 nitrogen and oxygen atoms in total. The SMILES string of the molecule is COc1ccc(-c2c(C#N)c(N)[nH]c(=O)c2C#N)cc1OCc1ccc(Br)cc1. The van der Waals surface area contributed by atoms with Crippen LogP contribution in [0.5, 0.6) is 11.5 Å². The van der Waals surface area contributed by atoms with Gasteiger partial charge in [-0.05, 0) is 35.4 Å². The fourth-order valence-electron chi connectivity index (χ4n) is 2.82. The Bertz CT molecular complexity index is 1200. The number of nitrogen functional groups attached to an aromatic ring is 1. The third-order valence-electron chi connectivity index (χ3n) is 4.23. The van der Waals surface area contributed by atoms with E-state index in [0.717, 1.165) is 10.0 Å². The van der Waals surface area contributed by atoms with Crippen LogP contribution in [-0.4, -0.2) is 12.1 Å². The summed E-state index contributed by atoms with van der Waals surface area (Å²) in [5.74, 6) is 0.778. The topological polar surface area (TPSA) is 125 Å². The number of H-pyrrole nitrogens is 1. The smallest absolute Gasteiger partial charge is 0.268 e. The third-order valence-corrected chi connectivity index (χ3v) is 4.76. The summed E-state index contributed by atoms with van der Waals surface area (Å²) in [6, 6.07) is 16.3. The monoisotopic (exact) mass is 450 g/mol. The Morgan fingerprint density at radius 1 is 1.07 bits per heavy atom. The summed E-state index contributed by atoms with van der Waals surface area (Å²) < 4.78 is 12.2. The van der Waals surface area contributed by atoms with E-state index in [-0.39, 0.29) is 29.1 Å². The first-order valence-electron chi connectivity index (χ1n) is 8.40. The van der Waals surface area contributed by atoms with Gasteiger partial charge in [-0.1, -0.05) is 34.1 Å². The molecule has 0 fully saturated rings. The maximum Gasteiger partial charge on any atom is 0.268 e. The van der Waals surface area contributed by atoms with Crippen LogP contribution in [0, 0.1) is 22.7 Å². The molecule has 144 valence electrons. The molecular weight excluding hydrogens is 436 g/mol. The summed E-state index contributed by atoms with van der Waals surface area (Å²) in [4.78, 5) is 14.5. The number of halogens is 1. The second kappa shape index (κ2) is 8.51. The summed E-state index contributed by atoms with van der Waals surface area (Å²) in [6.45, 7) is 0.279. The third kappa shape index (κ3) is 4.08. The van der Waals surface area contributed by atoms with Crippen molar-refractivity contribution in [1.82, 2.24) is 4.98 Å². The number of aromatic amines is 1. The first kappa shape index (κ1) is 20.0. The van der Waals surface area contributed by atoms with Crippen LogP contribution in [0.15, 0.2) is 51.7 Å². The highest BCUT2D eigenvalue weighted by Gasteiger charge is 2.19. The minimum absolute atomic E-state index is 0.0187. The van der Waals surface area contributed by atoms with Crippen molar-refractivity contribution in [3.05, 3.63) is 74.0 Å². The summed E-state index contributed by atoms with van der Waals surface area (Å²) in [5.41, 5.74) is 6.50. The predicted molar refractivity (Wildman–Crippen MR) is 111 cm³/mol. The number of hydrogen-bond acceptors (Lipinski definition) is 6. The Labute approximate surface area is 175 Å². The summed E-state index contributed by atoms with van der Waals surface area (Å²) in [7, 11) is 1.51. The molecule has 1 heterocycles. The van der Waals surface area contributed by atoms with Crippen molar-refractivity contribution >= 4 is 21.7 Å². The Kier molecular flexibility index (Phi) is 5.87. The average molecular weight is 451 g/mol. The molecular formula is C21H15BrN4O3. The van der Waals surface area contributed by atoms with Crippen molar-refractivity contribution in [2.75, 3.05) is 12.8 Å². The number of ether oxygens (including phenoxy) is 2. The molecule has 0 bridgehead atoms. The van der Waals surface area contributed by atoms with Crippen LogP contribution in [0.2, 0.25) is 0 Å². The number of rotatable bonds is 5. The number of nitrogens with zero attached hydrogens (tertiary/aromatic N) is 2.